The zero-order valence-corrected chi connectivity index (χ0v) is 12.3. The van der Waals surface area contributed by atoms with E-state index in [9.17, 15) is 0 Å². The number of aryl methyl sites for hydroxylation is 1. The van der Waals surface area contributed by atoms with Crippen molar-refractivity contribution in [3.05, 3.63) is 52.8 Å². The van der Waals surface area contributed by atoms with E-state index in [2.05, 4.69) is 44.4 Å². The fourth-order valence-corrected chi connectivity index (χ4v) is 2.59. The van der Waals surface area contributed by atoms with Crippen molar-refractivity contribution < 1.29 is 4.74 Å². The number of nitrogens with zero attached hydrogens (tertiary/aromatic N) is 2. The molecular weight excluding hydrogens is 304 g/mol. The second kappa shape index (κ2) is 4.70. The maximum absolute atomic E-state index is 5.27. The molecule has 0 spiro atoms. The molecule has 0 aliphatic rings. The summed E-state index contributed by atoms with van der Waals surface area (Å²) in [7, 11) is 1.67. The highest BCUT2D eigenvalue weighted by atomic mass is 79.9. The van der Waals surface area contributed by atoms with Crippen molar-refractivity contribution in [2.75, 3.05) is 7.11 Å². The van der Waals surface area contributed by atoms with Gasteiger partial charge < -0.3 is 4.74 Å². The van der Waals surface area contributed by atoms with E-state index < -0.39 is 0 Å². The third-order valence-electron chi connectivity index (χ3n) is 3.08. The monoisotopic (exact) mass is 316 g/mol. The molecule has 2 heterocycles. The molecule has 0 amide bonds. The van der Waals surface area contributed by atoms with Gasteiger partial charge in [0, 0.05) is 11.8 Å². The van der Waals surface area contributed by atoms with Crippen LogP contribution in [0, 0.1) is 6.92 Å². The van der Waals surface area contributed by atoms with Crippen LogP contribution in [-0.4, -0.2) is 16.5 Å². The number of methoxy groups -OCH3 is 1. The molecule has 3 rings (SSSR count). The Morgan fingerprint density at radius 2 is 2.05 bits per heavy atom. The Hall–Kier alpha value is -1.81. The Bertz CT molecular complexity index is 749. The third kappa shape index (κ3) is 2.12. The zero-order chi connectivity index (χ0) is 13.4. The molecule has 3 nitrogen and oxygen atoms in total. The molecule has 0 saturated heterocycles. The molecule has 0 saturated carbocycles. The minimum atomic E-state index is 0.831. The fraction of sp³-hybridized carbons (Fsp3) is 0.133. The Morgan fingerprint density at radius 1 is 1.21 bits per heavy atom. The molecule has 0 atom stereocenters. The highest BCUT2D eigenvalue weighted by Crippen LogP contribution is 2.28. The number of ether oxygens (including phenoxy) is 1. The topological polar surface area (TPSA) is 26.5 Å². The SMILES string of the molecule is COc1cccc(-c2nc(Br)c3cc(C)ccn23)c1. The summed E-state index contributed by atoms with van der Waals surface area (Å²) < 4.78 is 8.20. The second-order valence-electron chi connectivity index (χ2n) is 4.42. The summed E-state index contributed by atoms with van der Waals surface area (Å²) in [6, 6.07) is 12.1. The van der Waals surface area contributed by atoms with E-state index in [0.717, 1.165) is 27.3 Å². The van der Waals surface area contributed by atoms with Gasteiger partial charge in [0.25, 0.3) is 0 Å². The average molecular weight is 317 g/mol. The van der Waals surface area contributed by atoms with E-state index in [0.29, 0.717) is 0 Å². The first kappa shape index (κ1) is 12.2. The number of halogens is 1. The first-order chi connectivity index (χ1) is 9.19. The molecule has 0 N–H and O–H groups in total. The van der Waals surface area contributed by atoms with Gasteiger partial charge in [0.2, 0.25) is 0 Å². The fourth-order valence-electron chi connectivity index (χ4n) is 2.12. The van der Waals surface area contributed by atoms with Gasteiger partial charge in [0.05, 0.1) is 12.6 Å². The van der Waals surface area contributed by atoms with Crippen LogP contribution in [0.2, 0.25) is 0 Å². The van der Waals surface area contributed by atoms with Crippen molar-refractivity contribution in [1.29, 1.82) is 0 Å². The number of fused-ring (bicyclic) bond motifs is 1. The summed E-state index contributed by atoms with van der Waals surface area (Å²) in [5, 5.41) is 0. The van der Waals surface area contributed by atoms with Crippen LogP contribution < -0.4 is 4.74 Å². The third-order valence-corrected chi connectivity index (χ3v) is 3.67. The highest BCUT2D eigenvalue weighted by molar-refractivity contribution is 9.10. The lowest BCUT2D eigenvalue weighted by Crippen LogP contribution is -1.90. The average Bonchev–Trinajstić information content (AvgIpc) is 2.76. The first-order valence-corrected chi connectivity index (χ1v) is 6.77. The van der Waals surface area contributed by atoms with Gasteiger partial charge in [0.1, 0.15) is 16.2 Å². The summed E-state index contributed by atoms with van der Waals surface area (Å²) in [5.41, 5.74) is 3.31. The van der Waals surface area contributed by atoms with Crippen LogP contribution in [0.25, 0.3) is 16.9 Å². The molecule has 0 aliphatic carbocycles. The van der Waals surface area contributed by atoms with Crippen LogP contribution in [0.15, 0.2) is 47.2 Å². The predicted octanol–water partition coefficient (Wildman–Crippen LogP) is 4.08. The highest BCUT2D eigenvalue weighted by Gasteiger charge is 2.11. The van der Waals surface area contributed by atoms with Gasteiger partial charge in [-0.15, -0.1) is 0 Å². The van der Waals surface area contributed by atoms with Gasteiger partial charge in [-0.25, -0.2) is 4.98 Å². The maximum Gasteiger partial charge on any atom is 0.146 e. The second-order valence-corrected chi connectivity index (χ2v) is 5.17. The molecule has 3 aromatic rings. The predicted molar refractivity (Wildman–Crippen MR) is 79.6 cm³/mol. The van der Waals surface area contributed by atoms with E-state index in [1.54, 1.807) is 7.11 Å². The summed E-state index contributed by atoms with van der Waals surface area (Å²) in [4.78, 5) is 4.60. The number of hydrogen-bond donors (Lipinski definition) is 0. The van der Waals surface area contributed by atoms with E-state index >= 15 is 0 Å². The maximum atomic E-state index is 5.27. The quantitative estimate of drug-likeness (QED) is 0.712. The van der Waals surface area contributed by atoms with Crippen LogP contribution >= 0.6 is 15.9 Å². The van der Waals surface area contributed by atoms with E-state index in [4.69, 9.17) is 4.74 Å². The molecule has 0 aliphatic heterocycles. The lowest BCUT2D eigenvalue weighted by Gasteiger charge is -2.04. The van der Waals surface area contributed by atoms with Gasteiger partial charge in [-0.05, 0) is 52.7 Å². The van der Waals surface area contributed by atoms with Gasteiger partial charge in [-0.1, -0.05) is 12.1 Å². The summed E-state index contributed by atoms with van der Waals surface area (Å²) in [6.07, 6.45) is 2.04. The molecule has 0 bridgehead atoms. The van der Waals surface area contributed by atoms with Crippen molar-refractivity contribution in [1.82, 2.24) is 9.38 Å². The molecule has 19 heavy (non-hydrogen) atoms. The standard InChI is InChI=1S/C15H13BrN2O/c1-10-6-7-18-13(8-10)14(16)17-15(18)11-4-3-5-12(9-11)19-2/h3-9H,1-2H3. The number of aromatic nitrogens is 2. The zero-order valence-electron chi connectivity index (χ0n) is 10.7. The summed E-state index contributed by atoms with van der Waals surface area (Å²) in [5.74, 6) is 1.73. The molecule has 1 aromatic carbocycles. The van der Waals surface area contributed by atoms with Gasteiger partial charge in [0.15, 0.2) is 0 Å². The Labute approximate surface area is 120 Å². The summed E-state index contributed by atoms with van der Waals surface area (Å²) in [6.45, 7) is 2.07. The molecule has 4 heteroatoms. The number of hydrogen-bond acceptors (Lipinski definition) is 2. The number of rotatable bonds is 2. The smallest absolute Gasteiger partial charge is 0.146 e. The summed E-state index contributed by atoms with van der Waals surface area (Å²) >= 11 is 3.52. The van der Waals surface area contributed by atoms with Crippen LogP contribution in [0.1, 0.15) is 5.56 Å². The largest absolute Gasteiger partial charge is 0.497 e. The van der Waals surface area contributed by atoms with Gasteiger partial charge in [-0.3, -0.25) is 4.40 Å². The minimum absolute atomic E-state index is 0.831. The Kier molecular flexibility index (Phi) is 3.03. The van der Waals surface area contributed by atoms with Gasteiger partial charge in [-0.2, -0.15) is 0 Å². The van der Waals surface area contributed by atoms with Crippen molar-refractivity contribution in [3.8, 4) is 17.1 Å². The van der Waals surface area contributed by atoms with E-state index in [1.807, 2.05) is 30.5 Å². The van der Waals surface area contributed by atoms with Gasteiger partial charge >= 0.3 is 0 Å². The lowest BCUT2D eigenvalue weighted by molar-refractivity contribution is 0.415. The molecule has 96 valence electrons. The lowest BCUT2D eigenvalue weighted by atomic mass is 10.2. The van der Waals surface area contributed by atoms with Crippen molar-refractivity contribution in [3.63, 3.8) is 0 Å². The number of imidazole rings is 1. The molecule has 0 fully saturated rings. The van der Waals surface area contributed by atoms with Crippen LogP contribution in [0.4, 0.5) is 0 Å². The molecule has 2 aromatic heterocycles. The van der Waals surface area contributed by atoms with E-state index in [-0.39, 0.29) is 0 Å². The first-order valence-electron chi connectivity index (χ1n) is 5.97. The van der Waals surface area contributed by atoms with Crippen LogP contribution in [0.3, 0.4) is 0 Å². The van der Waals surface area contributed by atoms with E-state index in [1.165, 1.54) is 5.56 Å². The van der Waals surface area contributed by atoms with Crippen LogP contribution in [0.5, 0.6) is 5.75 Å². The number of benzene rings is 1. The molecule has 0 unspecified atom stereocenters. The Morgan fingerprint density at radius 3 is 2.84 bits per heavy atom. The number of pyridine rings is 1. The van der Waals surface area contributed by atoms with Crippen molar-refractivity contribution in [2.45, 2.75) is 6.92 Å². The minimum Gasteiger partial charge on any atom is -0.497 e. The normalized spacial score (nSPS) is 10.9. The van der Waals surface area contributed by atoms with Crippen molar-refractivity contribution in [2.24, 2.45) is 0 Å². The Balaban J connectivity index is 2.25. The van der Waals surface area contributed by atoms with Crippen LogP contribution in [-0.2, 0) is 0 Å². The molecule has 0 radical (unpaired) electrons. The molecular formula is C15H13BrN2O. The van der Waals surface area contributed by atoms with Crippen molar-refractivity contribution >= 4 is 21.4 Å².